The molecule has 0 aliphatic carbocycles. The molecule has 0 aromatic heterocycles. The van der Waals surface area contributed by atoms with Gasteiger partial charge in [0.25, 0.3) is 5.91 Å². The molecular weight excluding hydrogens is 408 g/mol. The van der Waals surface area contributed by atoms with Crippen molar-refractivity contribution in [1.82, 2.24) is 20.9 Å². The van der Waals surface area contributed by atoms with Crippen LogP contribution in [-0.4, -0.2) is 61.1 Å². The first-order valence-electron chi connectivity index (χ1n) is 11.3. The maximum atomic E-state index is 13.0. The molecule has 0 saturated carbocycles. The third-order valence-corrected chi connectivity index (χ3v) is 5.39. The fraction of sp³-hybridized carbons (Fsp3) is 0.625. The molecule has 1 atom stereocenters. The normalized spacial score (nSPS) is 15.8. The second-order valence-corrected chi connectivity index (χ2v) is 9.82. The van der Waals surface area contributed by atoms with Crippen LogP contribution in [0.5, 0.6) is 5.75 Å². The first kappa shape index (κ1) is 25.5. The Morgan fingerprint density at radius 1 is 1.09 bits per heavy atom. The molecule has 1 aliphatic heterocycles. The van der Waals surface area contributed by atoms with E-state index in [1.165, 1.54) is 0 Å². The number of rotatable bonds is 7. The number of hydrogen-bond donors (Lipinski definition) is 3. The number of ether oxygens (including phenoxy) is 1. The van der Waals surface area contributed by atoms with Gasteiger partial charge in [-0.1, -0.05) is 13.8 Å². The molecule has 1 heterocycles. The van der Waals surface area contributed by atoms with Crippen LogP contribution < -0.4 is 20.7 Å². The van der Waals surface area contributed by atoms with Gasteiger partial charge in [-0.3, -0.25) is 9.59 Å². The maximum absolute atomic E-state index is 13.0. The van der Waals surface area contributed by atoms with Crippen LogP contribution in [0, 0.1) is 11.8 Å². The summed E-state index contributed by atoms with van der Waals surface area (Å²) < 4.78 is 5.14. The van der Waals surface area contributed by atoms with E-state index in [1.807, 2.05) is 34.6 Å². The van der Waals surface area contributed by atoms with Crippen molar-refractivity contribution in [2.45, 2.75) is 59.0 Å². The summed E-state index contributed by atoms with van der Waals surface area (Å²) in [5.41, 5.74) is 0.161. The Labute approximate surface area is 191 Å². The largest absolute Gasteiger partial charge is 0.497 e. The van der Waals surface area contributed by atoms with Crippen LogP contribution in [-0.2, 0) is 4.79 Å². The summed E-state index contributed by atoms with van der Waals surface area (Å²) in [4.78, 5) is 40.1. The molecule has 1 fully saturated rings. The minimum atomic E-state index is -0.656. The van der Waals surface area contributed by atoms with E-state index in [1.54, 1.807) is 36.3 Å². The highest BCUT2D eigenvalue weighted by Crippen LogP contribution is 2.22. The Balaban J connectivity index is 2.07. The monoisotopic (exact) mass is 446 g/mol. The van der Waals surface area contributed by atoms with Crippen molar-refractivity contribution in [1.29, 1.82) is 0 Å². The number of piperidine rings is 1. The Hall–Kier alpha value is -2.77. The fourth-order valence-electron chi connectivity index (χ4n) is 3.61. The lowest BCUT2D eigenvalue weighted by Crippen LogP contribution is -2.56. The SMILES string of the molecule is COc1ccc(C(=O)NC(C(=O)NCC(C)C)C2CCN(C(=O)NC(C)(C)C)CC2)cc1. The number of carbonyl (C=O) groups is 3. The molecule has 0 radical (unpaired) electrons. The summed E-state index contributed by atoms with van der Waals surface area (Å²) in [6.07, 6.45) is 1.28. The number of nitrogens with one attached hydrogen (secondary N) is 3. The van der Waals surface area contributed by atoms with Crippen LogP contribution in [0.1, 0.15) is 57.8 Å². The maximum Gasteiger partial charge on any atom is 0.317 e. The molecular formula is C24H38N4O4. The molecule has 4 amide bonds. The van der Waals surface area contributed by atoms with Crippen LogP contribution in [0.3, 0.4) is 0 Å². The van der Waals surface area contributed by atoms with Crippen LogP contribution in [0.15, 0.2) is 24.3 Å². The van der Waals surface area contributed by atoms with Crippen LogP contribution in [0.4, 0.5) is 4.79 Å². The van der Waals surface area contributed by atoms with Gasteiger partial charge >= 0.3 is 6.03 Å². The number of likely N-dealkylation sites (tertiary alicyclic amines) is 1. The molecule has 8 nitrogen and oxygen atoms in total. The number of nitrogens with zero attached hydrogens (tertiary/aromatic N) is 1. The van der Waals surface area contributed by atoms with Gasteiger partial charge in [0.15, 0.2) is 0 Å². The van der Waals surface area contributed by atoms with Crippen molar-refractivity contribution >= 4 is 17.8 Å². The number of hydrogen-bond acceptors (Lipinski definition) is 4. The Bertz CT molecular complexity index is 778. The molecule has 1 aromatic rings. The van der Waals surface area contributed by atoms with E-state index >= 15 is 0 Å². The van der Waals surface area contributed by atoms with Crippen molar-refractivity contribution in [3.63, 3.8) is 0 Å². The Morgan fingerprint density at radius 3 is 2.19 bits per heavy atom. The summed E-state index contributed by atoms with van der Waals surface area (Å²) in [7, 11) is 1.57. The Morgan fingerprint density at radius 2 is 1.69 bits per heavy atom. The van der Waals surface area contributed by atoms with Gasteiger partial charge in [-0.15, -0.1) is 0 Å². The molecule has 2 rings (SSSR count). The second-order valence-electron chi connectivity index (χ2n) is 9.82. The quantitative estimate of drug-likeness (QED) is 0.600. The molecule has 1 aliphatic rings. The molecule has 1 unspecified atom stereocenters. The first-order chi connectivity index (χ1) is 15.0. The third kappa shape index (κ3) is 7.73. The summed E-state index contributed by atoms with van der Waals surface area (Å²) in [5, 5.41) is 8.87. The topological polar surface area (TPSA) is 99.8 Å². The lowest BCUT2D eigenvalue weighted by Gasteiger charge is -2.37. The highest BCUT2D eigenvalue weighted by atomic mass is 16.5. The third-order valence-electron chi connectivity index (χ3n) is 5.39. The summed E-state index contributed by atoms with van der Waals surface area (Å²) in [5.74, 6) is 0.431. The molecule has 0 spiro atoms. The number of benzene rings is 1. The van der Waals surface area contributed by atoms with Crippen LogP contribution in [0.25, 0.3) is 0 Å². The van der Waals surface area contributed by atoms with Gasteiger partial charge in [0.2, 0.25) is 5.91 Å². The van der Waals surface area contributed by atoms with Gasteiger partial charge in [-0.2, -0.15) is 0 Å². The predicted molar refractivity (Wildman–Crippen MR) is 125 cm³/mol. The van der Waals surface area contributed by atoms with Gasteiger partial charge in [0, 0.05) is 30.7 Å². The van der Waals surface area contributed by atoms with E-state index in [0.717, 1.165) is 0 Å². The summed E-state index contributed by atoms with van der Waals surface area (Å²) in [6.45, 7) is 11.5. The van der Waals surface area contributed by atoms with E-state index in [2.05, 4.69) is 16.0 Å². The van der Waals surface area contributed by atoms with Crippen molar-refractivity contribution in [3.8, 4) is 5.75 Å². The minimum absolute atomic E-state index is 0.0527. The zero-order valence-corrected chi connectivity index (χ0v) is 20.2. The molecule has 32 heavy (non-hydrogen) atoms. The average Bonchev–Trinajstić information content (AvgIpc) is 2.74. The van der Waals surface area contributed by atoms with E-state index in [4.69, 9.17) is 4.74 Å². The molecule has 8 heteroatoms. The van der Waals surface area contributed by atoms with Gasteiger partial charge in [-0.25, -0.2) is 4.79 Å². The van der Waals surface area contributed by atoms with E-state index in [9.17, 15) is 14.4 Å². The van der Waals surface area contributed by atoms with Gasteiger partial charge < -0.3 is 25.6 Å². The highest BCUT2D eigenvalue weighted by molar-refractivity contribution is 5.97. The molecule has 3 N–H and O–H groups in total. The Kier molecular flexibility index (Phi) is 8.92. The molecule has 1 saturated heterocycles. The second kappa shape index (κ2) is 11.2. The van der Waals surface area contributed by atoms with E-state index in [-0.39, 0.29) is 29.3 Å². The van der Waals surface area contributed by atoms with Crippen LogP contribution in [0.2, 0.25) is 0 Å². The standard InChI is InChI=1S/C24H38N4O4/c1-16(2)15-25-22(30)20(26-21(29)18-7-9-19(32-6)10-8-18)17-11-13-28(14-12-17)23(31)27-24(3,4)5/h7-10,16-17,20H,11-15H2,1-6H3,(H,25,30)(H,26,29)(H,27,31). The highest BCUT2D eigenvalue weighted by Gasteiger charge is 2.34. The number of methoxy groups -OCH3 is 1. The lowest BCUT2D eigenvalue weighted by molar-refractivity contribution is -0.124. The zero-order valence-electron chi connectivity index (χ0n) is 20.2. The van der Waals surface area contributed by atoms with Gasteiger partial charge in [0.1, 0.15) is 11.8 Å². The zero-order chi connectivity index (χ0) is 23.9. The van der Waals surface area contributed by atoms with Crippen LogP contribution >= 0.6 is 0 Å². The van der Waals surface area contributed by atoms with Crippen molar-refractivity contribution in [3.05, 3.63) is 29.8 Å². The predicted octanol–water partition coefficient (Wildman–Crippen LogP) is 2.79. The van der Waals surface area contributed by atoms with E-state index < -0.39 is 6.04 Å². The van der Waals surface area contributed by atoms with Crippen molar-refractivity contribution in [2.75, 3.05) is 26.7 Å². The number of carbonyl (C=O) groups excluding carboxylic acids is 3. The number of urea groups is 1. The molecule has 1 aromatic carbocycles. The van der Waals surface area contributed by atoms with Gasteiger partial charge in [-0.05, 0) is 69.7 Å². The van der Waals surface area contributed by atoms with E-state index in [0.29, 0.717) is 49.7 Å². The van der Waals surface area contributed by atoms with Crippen molar-refractivity contribution < 1.29 is 19.1 Å². The average molecular weight is 447 g/mol. The number of amides is 4. The molecule has 0 bridgehead atoms. The first-order valence-corrected chi connectivity index (χ1v) is 11.3. The summed E-state index contributed by atoms with van der Waals surface area (Å²) in [6, 6.07) is 6.03. The summed E-state index contributed by atoms with van der Waals surface area (Å²) >= 11 is 0. The lowest BCUT2D eigenvalue weighted by atomic mass is 9.88. The minimum Gasteiger partial charge on any atom is -0.497 e. The fourth-order valence-corrected chi connectivity index (χ4v) is 3.61. The van der Waals surface area contributed by atoms with Crippen molar-refractivity contribution in [2.24, 2.45) is 11.8 Å². The molecule has 178 valence electrons. The smallest absolute Gasteiger partial charge is 0.317 e. The van der Waals surface area contributed by atoms with Gasteiger partial charge in [0.05, 0.1) is 7.11 Å².